The second-order valence-electron chi connectivity index (χ2n) is 8.19. The summed E-state index contributed by atoms with van der Waals surface area (Å²) in [5, 5.41) is 23.0. The molecule has 1 heterocycles. The Morgan fingerprint density at radius 1 is 1.03 bits per heavy atom. The second-order valence-corrected chi connectivity index (χ2v) is 9.66. The zero-order chi connectivity index (χ0) is 24.3. The van der Waals surface area contributed by atoms with Crippen LogP contribution in [0, 0.1) is 0 Å². The Hall–Kier alpha value is -3.65. The molecule has 0 amide bonds. The van der Waals surface area contributed by atoms with Crippen LogP contribution in [0.2, 0.25) is 0 Å². The van der Waals surface area contributed by atoms with Crippen LogP contribution in [-0.4, -0.2) is 32.9 Å². The number of nitrogens with zero attached hydrogens (tertiary/aromatic N) is 3. The summed E-state index contributed by atoms with van der Waals surface area (Å²) in [7, 11) is 0. The predicted octanol–water partition coefficient (Wildman–Crippen LogP) is 3.81. The number of carbonyl (C=O) groups is 1. The van der Waals surface area contributed by atoms with E-state index in [1.807, 2.05) is 61.5 Å². The van der Waals surface area contributed by atoms with E-state index in [2.05, 4.69) is 12.1 Å². The lowest BCUT2D eigenvalue weighted by Crippen LogP contribution is -2.32. The molecule has 0 fully saturated rings. The fourth-order valence-corrected chi connectivity index (χ4v) is 4.91. The molecule has 0 saturated carbocycles. The first-order valence-corrected chi connectivity index (χ1v) is 12.0. The number of carboxylic acid groups (broad SMARTS) is 1. The minimum absolute atomic E-state index is 0.0584. The third-order valence-electron chi connectivity index (χ3n) is 5.65. The van der Waals surface area contributed by atoms with Crippen molar-refractivity contribution in [1.29, 1.82) is 0 Å². The second kappa shape index (κ2) is 9.69. The maximum absolute atomic E-state index is 11.8. The van der Waals surface area contributed by atoms with Crippen molar-refractivity contribution >= 4 is 23.6 Å². The molecule has 1 aliphatic heterocycles. The van der Waals surface area contributed by atoms with Crippen LogP contribution in [0.3, 0.4) is 0 Å². The molecule has 0 spiro atoms. The summed E-state index contributed by atoms with van der Waals surface area (Å²) < 4.78 is 0. The van der Waals surface area contributed by atoms with Crippen LogP contribution in [0.1, 0.15) is 47.3 Å². The van der Waals surface area contributed by atoms with Gasteiger partial charge in [-0.15, -0.1) is 11.8 Å². The molecule has 4 rings (SSSR count). The van der Waals surface area contributed by atoms with Crippen molar-refractivity contribution in [1.82, 2.24) is 0 Å². The summed E-state index contributed by atoms with van der Waals surface area (Å²) in [5.41, 5.74) is 10.5. The van der Waals surface area contributed by atoms with Gasteiger partial charge >= 0.3 is 5.97 Å². The summed E-state index contributed by atoms with van der Waals surface area (Å²) in [6.07, 6.45) is 1.59. The molecule has 3 aromatic carbocycles. The first-order valence-electron chi connectivity index (χ1n) is 11.0. The Morgan fingerprint density at radius 2 is 1.74 bits per heavy atom. The highest BCUT2D eigenvalue weighted by Gasteiger charge is 2.28. The molecule has 0 saturated heterocycles. The highest BCUT2D eigenvalue weighted by molar-refractivity contribution is 8.00. The van der Waals surface area contributed by atoms with E-state index < -0.39 is 11.0 Å². The Bertz CT molecular complexity index is 1390. The standard InChI is InChI=1S/C26H26N4O3S/c1-3-14-34-26(2)28-22-18(12-13-21(25(31)32)23(22)29-26)15-16-8-10-17(11-9-16)19-6-4-5-7-20(19)24(27)30-33/h4-13,33H,3,14-15H2,1-2H3,(H2,27,30)(H,31,32). The normalized spacial score (nSPS) is 17.1. The van der Waals surface area contributed by atoms with Crippen molar-refractivity contribution in [2.24, 2.45) is 20.9 Å². The third kappa shape index (κ3) is 4.68. The average Bonchev–Trinajstić information content (AvgIpc) is 3.20. The molecule has 7 nitrogen and oxygen atoms in total. The maximum atomic E-state index is 11.8. The summed E-state index contributed by atoms with van der Waals surface area (Å²) in [5.74, 6) is -0.0488. The fraction of sp³-hybridized carbons (Fsp3) is 0.231. The number of hydrogen-bond acceptors (Lipinski definition) is 6. The van der Waals surface area contributed by atoms with E-state index in [1.165, 1.54) is 0 Å². The Balaban J connectivity index is 1.69. The molecule has 4 N–H and O–H groups in total. The van der Waals surface area contributed by atoms with E-state index in [4.69, 9.17) is 20.9 Å². The van der Waals surface area contributed by atoms with Crippen LogP contribution >= 0.6 is 11.8 Å². The van der Waals surface area contributed by atoms with Crippen molar-refractivity contribution in [3.8, 4) is 11.1 Å². The van der Waals surface area contributed by atoms with E-state index in [-0.39, 0.29) is 11.4 Å². The van der Waals surface area contributed by atoms with E-state index in [0.717, 1.165) is 34.4 Å². The SMILES string of the molecule is CCCSC1(C)N=c2c(Cc3ccc(-c4ccccc4C(N)=NO)cc3)ccc(C(=O)O)c2=N1. The highest BCUT2D eigenvalue weighted by Crippen LogP contribution is 2.30. The van der Waals surface area contributed by atoms with Gasteiger partial charge in [-0.2, -0.15) is 0 Å². The smallest absolute Gasteiger partial charge is 0.337 e. The van der Waals surface area contributed by atoms with Crippen LogP contribution in [0.15, 0.2) is 75.8 Å². The van der Waals surface area contributed by atoms with E-state index in [0.29, 0.717) is 22.7 Å². The number of oxime groups is 1. The molecule has 0 bridgehead atoms. The lowest BCUT2D eigenvalue weighted by atomic mass is 9.96. The number of carboxylic acids is 1. The van der Waals surface area contributed by atoms with Crippen molar-refractivity contribution < 1.29 is 15.1 Å². The van der Waals surface area contributed by atoms with Gasteiger partial charge < -0.3 is 16.0 Å². The number of nitrogens with two attached hydrogens (primary N) is 1. The lowest BCUT2D eigenvalue weighted by molar-refractivity contribution is 0.0695. The van der Waals surface area contributed by atoms with Gasteiger partial charge in [0.25, 0.3) is 0 Å². The fourth-order valence-electron chi connectivity index (χ4n) is 4.01. The molecule has 3 aromatic rings. The molecule has 174 valence electrons. The zero-order valence-electron chi connectivity index (χ0n) is 19.0. The molecule has 1 aliphatic rings. The van der Waals surface area contributed by atoms with Gasteiger partial charge in [-0.3, -0.25) is 0 Å². The van der Waals surface area contributed by atoms with Crippen molar-refractivity contribution in [2.45, 2.75) is 31.7 Å². The molecule has 1 unspecified atom stereocenters. The summed E-state index contributed by atoms with van der Waals surface area (Å²) in [6.45, 7) is 4.02. The monoisotopic (exact) mass is 474 g/mol. The number of amidine groups is 1. The van der Waals surface area contributed by atoms with Crippen molar-refractivity contribution in [3.05, 3.63) is 93.6 Å². The van der Waals surface area contributed by atoms with E-state index >= 15 is 0 Å². The first kappa shape index (κ1) is 23.5. The van der Waals surface area contributed by atoms with Crippen LogP contribution in [0.5, 0.6) is 0 Å². The van der Waals surface area contributed by atoms with Crippen LogP contribution in [-0.2, 0) is 6.42 Å². The van der Waals surface area contributed by atoms with Crippen molar-refractivity contribution in [3.63, 3.8) is 0 Å². The maximum Gasteiger partial charge on any atom is 0.337 e. The predicted molar refractivity (Wildman–Crippen MR) is 134 cm³/mol. The summed E-state index contributed by atoms with van der Waals surface area (Å²) in [4.78, 5) is 20.6. The number of thioether (sulfide) groups is 1. The van der Waals surface area contributed by atoms with Crippen molar-refractivity contribution in [2.75, 3.05) is 5.75 Å². The molecule has 0 aliphatic carbocycles. The quantitative estimate of drug-likeness (QED) is 0.198. The minimum atomic E-state index is -1.000. The largest absolute Gasteiger partial charge is 0.478 e. The third-order valence-corrected chi connectivity index (χ3v) is 7.00. The number of aromatic carboxylic acids is 1. The van der Waals surface area contributed by atoms with Crippen LogP contribution < -0.4 is 16.4 Å². The van der Waals surface area contributed by atoms with Gasteiger partial charge in [-0.05, 0) is 53.8 Å². The summed E-state index contributed by atoms with van der Waals surface area (Å²) >= 11 is 1.62. The molecule has 8 heteroatoms. The first-order chi connectivity index (χ1) is 16.3. The average molecular weight is 475 g/mol. The van der Waals surface area contributed by atoms with Gasteiger partial charge in [0.15, 0.2) is 10.8 Å². The molecule has 34 heavy (non-hydrogen) atoms. The lowest BCUT2D eigenvalue weighted by Gasteiger charge is -2.15. The van der Waals surface area contributed by atoms with Gasteiger partial charge in [0.2, 0.25) is 0 Å². The van der Waals surface area contributed by atoms with Gasteiger partial charge in [-0.1, -0.05) is 66.7 Å². The number of benzene rings is 3. The highest BCUT2D eigenvalue weighted by atomic mass is 32.2. The Kier molecular flexibility index (Phi) is 6.70. The Morgan fingerprint density at radius 3 is 2.41 bits per heavy atom. The zero-order valence-corrected chi connectivity index (χ0v) is 19.8. The van der Waals surface area contributed by atoms with Crippen LogP contribution in [0.25, 0.3) is 11.1 Å². The minimum Gasteiger partial charge on any atom is -0.478 e. The number of fused-ring (bicyclic) bond motifs is 1. The molecular weight excluding hydrogens is 448 g/mol. The number of rotatable bonds is 8. The van der Waals surface area contributed by atoms with E-state index in [1.54, 1.807) is 17.8 Å². The number of hydrogen-bond donors (Lipinski definition) is 3. The van der Waals surface area contributed by atoms with Gasteiger partial charge in [0.05, 0.1) is 10.9 Å². The summed E-state index contributed by atoms with van der Waals surface area (Å²) in [6, 6.07) is 19.0. The van der Waals surface area contributed by atoms with E-state index in [9.17, 15) is 9.90 Å². The van der Waals surface area contributed by atoms with Gasteiger partial charge in [-0.25, -0.2) is 14.8 Å². The molecular formula is C26H26N4O3S. The molecule has 0 aromatic heterocycles. The van der Waals surface area contributed by atoms with Gasteiger partial charge in [0.1, 0.15) is 5.36 Å². The molecule has 0 radical (unpaired) electrons. The van der Waals surface area contributed by atoms with Crippen LogP contribution in [0.4, 0.5) is 0 Å². The Labute approximate surface area is 201 Å². The topological polar surface area (TPSA) is 121 Å². The molecule has 1 atom stereocenters. The van der Waals surface area contributed by atoms with Gasteiger partial charge in [0, 0.05) is 5.56 Å².